The van der Waals surface area contributed by atoms with Crippen LogP contribution in [0, 0.1) is 0 Å². The van der Waals surface area contributed by atoms with Gasteiger partial charge in [-0.25, -0.2) is 0 Å². The summed E-state index contributed by atoms with van der Waals surface area (Å²) in [5.41, 5.74) is 2.00. The van der Waals surface area contributed by atoms with Crippen molar-refractivity contribution in [3.05, 3.63) is 71.8 Å². The van der Waals surface area contributed by atoms with Crippen LogP contribution in [-0.4, -0.2) is 42.7 Å². The van der Waals surface area contributed by atoms with Crippen molar-refractivity contribution in [2.24, 2.45) is 0 Å². The van der Waals surface area contributed by atoms with Gasteiger partial charge < -0.3 is 9.22 Å². The molecule has 0 N–H and O–H groups in total. The minimum atomic E-state index is -0.348. The molecule has 4 rings (SSSR count). The van der Waals surface area contributed by atoms with Crippen LogP contribution in [0.5, 0.6) is 0 Å². The third kappa shape index (κ3) is 3.16. The lowest BCUT2D eigenvalue weighted by atomic mass is 9.91. The van der Waals surface area contributed by atoms with Crippen molar-refractivity contribution < 1.29 is 14.0 Å². The molecular formula is C23H28NO2+. The molecule has 0 radical (unpaired) electrons. The number of hydrogen-bond donors (Lipinski definition) is 0. The molecule has 0 aliphatic carbocycles. The number of hydrogen-bond acceptors (Lipinski definition) is 2. The van der Waals surface area contributed by atoms with E-state index in [1.54, 1.807) is 0 Å². The Morgan fingerprint density at radius 1 is 0.885 bits per heavy atom. The smallest absolute Gasteiger partial charge is 0.318 e. The van der Waals surface area contributed by atoms with Gasteiger partial charge in [-0.05, 0) is 11.1 Å². The van der Waals surface area contributed by atoms with Gasteiger partial charge in [0.1, 0.15) is 12.0 Å². The SMILES string of the molecule is C[N+]1(C)[C@H]2CC[C@H]1CC(OC(=O)C(c1ccccc1)c1ccccc1)C2. The highest BCUT2D eigenvalue weighted by atomic mass is 16.5. The van der Waals surface area contributed by atoms with Gasteiger partial charge in [0.05, 0.1) is 26.2 Å². The number of ether oxygens (including phenoxy) is 1. The van der Waals surface area contributed by atoms with Gasteiger partial charge in [0.25, 0.3) is 0 Å². The van der Waals surface area contributed by atoms with E-state index in [2.05, 4.69) is 14.1 Å². The molecule has 2 bridgehead atoms. The summed E-state index contributed by atoms with van der Waals surface area (Å²) in [6.07, 6.45) is 4.55. The summed E-state index contributed by atoms with van der Waals surface area (Å²) in [5.74, 6) is -0.460. The number of quaternary nitrogens is 1. The molecule has 26 heavy (non-hydrogen) atoms. The summed E-state index contributed by atoms with van der Waals surface area (Å²) < 4.78 is 7.18. The van der Waals surface area contributed by atoms with E-state index in [9.17, 15) is 4.79 Å². The first kappa shape index (κ1) is 17.3. The molecule has 2 aliphatic rings. The zero-order chi connectivity index (χ0) is 18.1. The van der Waals surface area contributed by atoms with Crippen LogP contribution in [0.25, 0.3) is 0 Å². The summed E-state index contributed by atoms with van der Waals surface area (Å²) in [5, 5.41) is 0. The number of rotatable bonds is 4. The lowest BCUT2D eigenvalue weighted by Crippen LogP contribution is -2.56. The van der Waals surface area contributed by atoms with E-state index < -0.39 is 0 Å². The van der Waals surface area contributed by atoms with Crippen molar-refractivity contribution in [2.45, 2.75) is 49.8 Å². The van der Waals surface area contributed by atoms with Crippen LogP contribution >= 0.6 is 0 Å². The predicted octanol–water partition coefficient (Wildman–Crippen LogP) is 4.13. The van der Waals surface area contributed by atoms with Crippen molar-refractivity contribution in [3.63, 3.8) is 0 Å². The molecule has 2 aromatic rings. The Morgan fingerprint density at radius 2 is 1.35 bits per heavy atom. The van der Waals surface area contributed by atoms with E-state index in [0.717, 1.165) is 28.5 Å². The summed E-state index contributed by atoms with van der Waals surface area (Å²) in [4.78, 5) is 13.2. The minimum Gasteiger partial charge on any atom is -0.461 e. The van der Waals surface area contributed by atoms with Crippen LogP contribution in [0.2, 0.25) is 0 Å². The highest BCUT2D eigenvalue weighted by Gasteiger charge is 2.50. The first-order valence-corrected chi connectivity index (χ1v) is 9.69. The summed E-state index contributed by atoms with van der Waals surface area (Å²) in [6, 6.07) is 21.2. The molecule has 0 saturated carbocycles. The van der Waals surface area contributed by atoms with Crippen LogP contribution < -0.4 is 0 Å². The van der Waals surface area contributed by atoms with E-state index in [-0.39, 0.29) is 18.0 Å². The number of benzene rings is 2. The molecule has 0 amide bonds. The molecule has 0 spiro atoms. The summed E-state index contributed by atoms with van der Waals surface area (Å²) in [6.45, 7) is 0. The lowest BCUT2D eigenvalue weighted by Gasteiger charge is -2.44. The maximum Gasteiger partial charge on any atom is 0.318 e. The molecule has 2 heterocycles. The number of fused-ring (bicyclic) bond motifs is 2. The van der Waals surface area contributed by atoms with Gasteiger partial charge in [0, 0.05) is 25.7 Å². The van der Waals surface area contributed by atoms with Gasteiger partial charge in [0.15, 0.2) is 0 Å². The van der Waals surface area contributed by atoms with Crippen molar-refractivity contribution >= 4 is 5.97 Å². The van der Waals surface area contributed by atoms with E-state index in [1.807, 2.05) is 60.7 Å². The maximum atomic E-state index is 13.2. The quantitative estimate of drug-likeness (QED) is 0.612. The molecule has 2 aromatic carbocycles. The molecule has 2 fully saturated rings. The standard InChI is InChI=1S/C23H28NO2/c1-24(2)19-13-14-20(24)16-21(15-19)26-23(25)22(17-9-5-3-6-10-17)18-11-7-4-8-12-18/h3-12,19-22H,13-16H2,1-2H3/q+1/t19-,20-/m0/s1. The molecule has 3 nitrogen and oxygen atoms in total. The average Bonchev–Trinajstić information content (AvgIpc) is 2.81. The van der Waals surface area contributed by atoms with Gasteiger partial charge in [-0.3, -0.25) is 4.79 Å². The van der Waals surface area contributed by atoms with Gasteiger partial charge in [-0.2, -0.15) is 0 Å². The van der Waals surface area contributed by atoms with Gasteiger partial charge in [-0.1, -0.05) is 60.7 Å². The van der Waals surface area contributed by atoms with Crippen molar-refractivity contribution in [1.82, 2.24) is 0 Å². The number of piperidine rings is 1. The molecule has 0 aromatic heterocycles. The van der Waals surface area contributed by atoms with Crippen molar-refractivity contribution in [3.8, 4) is 0 Å². The first-order chi connectivity index (χ1) is 12.6. The molecule has 0 unspecified atom stereocenters. The van der Waals surface area contributed by atoms with Crippen LogP contribution in [0.15, 0.2) is 60.7 Å². The predicted molar refractivity (Wildman–Crippen MR) is 103 cm³/mol. The molecular weight excluding hydrogens is 322 g/mol. The topological polar surface area (TPSA) is 26.3 Å². The number of carbonyl (C=O) groups is 1. The van der Waals surface area contributed by atoms with Gasteiger partial charge in [0.2, 0.25) is 0 Å². The highest BCUT2D eigenvalue weighted by molar-refractivity contribution is 5.82. The molecule has 136 valence electrons. The summed E-state index contributed by atoms with van der Waals surface area (Å²) in [7, 11) is 4.66. The first-order valence-electron chi connectivity index (χ1n) is 9.69. The highest BCUT2D eigenvalue weighted by Crippen LogP contribution is 2.41. The van der Waals surface area contributed by atoms with Crippen LogP contribution in [-0.2, 0) is 9.53 Å². The summed E-state index contributed by atoms with van der Waals surface area (Å²) >= 11 is 0. The van der Waals surface area contributed by atoms with Crippen molar-refractivity contribution in [1.29, 1.82) is 0 Å². The second-order valence-electron chi connectivity index (χ2n) is 8.30. The molecule has 2 atom stereocenters. The van der Waals surface area contributed by atoms with Crippen LogP contribution in [0.4, 0.5) is 0 Å². The fraction of sp³-hybridized carbons (Fsp3) is 0.435. The van der Waals surface area contributed by atoms with Crippen LogP contribution in [0.1, 0.15) is 42.7 Å². The zero-order valence-electron chi connectivity index (χ0n) is 15.7. The largest absolute Gasteiger partial charge is 0.461 e. The molecule has 3 heteroatoms. The lowest BCUT2D eigenvalue weighted by molar-refractivity contribution is -0.931. The third-order valence-corrected chi connectivity index (χ3v) is 6.57. The Bertz CT molecular complexity index is 701. The maximum absolute atomic E-state index is 13.2. The Balaban J connectivity index is 1.55. The monoisotopic (exact) mass is 350 g/mol. The van der Waals surface area contributed by atoms with Crippen LogP contribution in [0.3, 0.4) is 0 Å². The molecule has 2 saturated heterocycles. The fourth-order valence-electron chi connectivity index (χ4n) is 4.91. The Labute approximate surface area is 156 Å². The third-order valence-electron chi connectivity index (χ3n) is 6.57. The number of esters is 1. The second-order valence-corrected chi connectivity index (χ2v) is 8.30. The van der Waals surface area contributed by atoms with E-state index in [0.29, 0.717) is 12.1 Å². The van der Waals surface area contributed by atoms with E-state index in [4.69, 9.17) is 4.74 Å². The average molecular weight is 350 g/mol. The number of nitrogens with zero attached hydrogens (tertiary/aromatic N) is 1. The Morgan fingerprint density at radius 3 is 1.81 bits per heavy atom. The molecule has 2 aliphatic heterocycles. The zero-order valence-corrected chi connectivity index (χ0v) is 15.7. The second kappa shape index (κ2) is 6.88. The Kier molecular flexibility index (Phi) is 4.58. The minimum absolute atomic E-state index is 0.0566. The van der Waals surface area contributed by atoms with E-state index in [1.165, 1.54) is 12.8 Å². The normalized spacial score (nSPS) is 26.7. The van der Waals surface area contributed by atoms with Gasteiger partial charge >= 0.3 is 5.97 Å². The van der Waals surface area contributed by atoms with E-state index >= 15 is 0 Å². The Hall–Kier alpha value is -2.13. The van der Waals surface area contributed by atoms with Gasteiger partial charge in [-0.15, -0.1) is 0 Å². The fourth-order valence-corrected chi connectivity index (χ4v) is 4.91. The van der Waals surface area contributed by atoms with Crippen molar-refractivity contribution in [2.75, 3.05) is 14.1 Å². The number of carbonyl (C=O) groups excluding carboxylic acids is 1.